The maximum Gasteiger partial charge on any atom is 0.225 e. The lowest BCUT2D eigenvalue weighted by molar-refractivity contribution is 0.0951. The van der Waals surface area contributed by atoms with E-state index in [4.69, 9.17) is 8.83 Å². The van der Waals surface area contributed by atoms with E-state index in [1.165, 1.54) is 0 Å². The molecular formula is C30H32O5. The number of allylic oxidation sites excluding steroid dienone is 4. The van der Waals surface area contributed by atoms with Crippen molar-refractivity contribution >= 4 is 22.5 Å². The second kappa shape index (κ2) is 8.71. The minimum absolute atomic E-state index is 0.117. The Bertz CT molecular complexity index is 1440. The molecule has 1 aromatic carbocycles. The summed E-state index contributed by atoms with van der Waals surface area (Å²) in [6, 6.07) is 0. The molecule has 5 heteroatoms. The Morgan fingerprint density at radius 3 is 2.69 bits per heavy atom. The van der Waals surface area contributed by atoms with Crippen molar-refractivity contribution in [3.63, 3.8) is 0 Å². The van der Waals surface area contributed by atoms with Gasteiger partial charge in [-0.2, -0.15) is 0 Å². The lowest BCUT2D eigenvalue weighted by atomic mass is 9.78. The van der Waals surface area contributed by atoms with Gasteiger partial charge in [0.15, 0.2) is 22.9 Å². The van der Waals surface area contributed by atoms with Gasteiger partial charge in [0.05, 0.1) is 11.8 Å². The van der Waals surface area contributed by atoms with E-state index in [0.717, 1.165) is 52.5 Å². The summed E-state index contributed by atoms with van der Waals surface area (Å²) in [4.78, 5) is 26.7. The molecule has 1 unspecified atom stereocenters. The van der Waals surface area contributed by atoms with Gasteiger partial charge in [-0.1, -0.05) is 19.1 Å². The van der Waals surface area contributed by atoms with Gasteiger partial charge in [0.1, 0.15) is 5.76 Å². The molecule has 5 nitrogen and oxygen atoms in total. The van der Waals surface area contributed by atoms with Gasteiger partial charge < -0.3 is 13.9 Å². The van der Waals surface area contributed by atoms with Crippen molar-refractivity contribution in [2.75, 3.05) is 0 Å². The molecule has 5 rings (SSSR count). The number of aryl methyl sites for hydroxylation is 1. The molecule has 0 fully saturated rings. The number of benzene rings is 1. The molecule has 2 aliphatic carbocycles. The van der Waals surface area contributed by atoms with Crippen LogP contribution in [0.4, 0.5) is 0 Å². The molecule has 0 radical (unpaired) electrons. The third-order valence-electron chi connectivity index (χ3n) is 7.86. The maximum atomic E-state index is 13.4. The Hall–Kier alpha value is -3.34. The molecule has 182 valence electrons. The summed E-state index contributed by atoms with van der Waals surface area (Å²) in [6.45, 7) is 9.73. The van der Waals surface area contributed by atoms with E-state index in [2.05, 4.69) is 6.92 Å². The zero-order valence-electron chi connectivity index (χ0n) is 21.1. The van der Waals surface area contributed by atoms with Crippen LogP contribution in [0, 0.1) is 13.8 Å². The summed E-state index contributed by atoms with van der Waals surface area (Å²) in [5.74, 6) is 1.03. The Morgan fingerprint density at radius 1 is 1.17 bits per heavy atom. The lowest BCUT2D eigenvalue weighted by Gasteiger charge is -2.27. The van der Waals surface area contributed by atoms with Crippen LogP contribution in [0.2, 0.25) is 0 Å². The van der Waals surface area contributed by atoms with Crippen molar-refractivity contribution < 1.29 is 23.5 Å². The predicted octanol–water partition coefficient (Wildman–Crippen LogP) is 7.43. The quantitative estimate of drug-likeness (QED) is 0.391. The number of hydrogen-bond acceptors (Lipinski definition) is 5. The monoisotopic (exact) mass is 472 g/mol. The van der Waals surface area contributed by atoms with Crippen LogP contribution < -0.4 is 0 Å². The maximum absolute atomic E-state index is 13.4. The molecule has 2 heterocycles. The summed E-state index contributed by atoms with van der Waals surface area (Å²) in [5, 5.41) is 11.9. The van der Waals surface area contributed by atoms with Gasteiger partial charge in [-0.15, -0.1) is 0 Å². The molecule has 3 aromatic rings. The average Bonchev–Trinajstić information content (AvgIpc) is 3.38. The molecule has 0 amide bonds. The van der Waals surface area contributed by atoms with E-state index < -0.39 is 0 Å². The van der Waals surface area contributed by atoms with E-state index in [1.54, 1.807) is 13.2 Å². The molecule has 0 saturated heterocycles. The first kappa shape index (κ1) is 23.4. The molecule has 0 bridgehead atoms. The Morgan fingerprint density at radius 2 is 1.94 bits per heavy atom. The highest BCUT2D eigenvalue weighted by atomic mass is 16.4. The minimum atomic E-state index is -0.179. The number of fused-ring (bicyclic) bond motifs is 3. The smallest absolute Gasteiger partial charge is 0.225 e. The standard InChI is InChI=1S/C30H32O5/c1-6-7-8-11-19-17(4)26(31)25-18(5)22(35-30(25)27(19)32)13-21-23-15(2)10-9-12-20(23)28(33)29-24(21)16(3)14-34-29/h6-7,14-15,33H,8-13H2,1-5H3. The van der Waals surface area contributed by atoms with Crippen molar-refractivity contribution in [3.8, 4) is 5.75 Å². The Labute approximate surface area is 205 Å². The van der Waals surface area contributed by atoms with E-state index in [1.807, 2.05) is 32.9 Å². The molecule has 35 heavy (non-hydrogen) atoms. The summed E-state index contributed by atoms with van der Waals surface area (Å²) in [5.41, 5.74) is 6.83. The number of hydrogen-bond donors (Lipinski definition) is 1. The fraction of sp³-hybridized carbons (Fsp3) is 0.400. The van der Waals surface area contributed by atoms with E-state index >= 15 is 0 Å². The van der Waals surface area contributed by atoms with Crippen LogP contribution in [0.1, 0.15) is 107 Å². The number of ketones is 2. The first-order valence-corrected chi connectivity index (χ1v) is 12.5. The Kier molecular flexibility index (Phi) is 5.82. The number of Topliss-reactive ketones (excluding diaryl/α,β-unsaturated/α-hetero) is 2. The lowest BCUT2D eigenvalue weighted by Crippen LogP contribution is -2.20. The van der Waals surface area contributed by atoms with Crippen molar-refractivity contribution in [2.45, 2.75) is 79.1 Å². The van der Waals surface area contributed by atoms with Crippen LogP contribution in [-0.2, 0) is 12.8 Å². The van der Waals surface area contributed by atoms with E-state index in [9.17, 15) is 14.7 Å². The van der Waals surface area contributed by atoms with Crippen LogP contribution in [0.5, 0.6) is 5.75 Å². The molecule has 1 N–H and O–H groups in total. The molecule has 2 aliphatic rings. The normalized spacial score (nSPS) is 18.1. The first-order chi connectivity index (χ1) is 16.8. The second-order valence-electron chi connectivity index (χ2n) is 10.0. The van der Waals surface area contributed by atoms with Gasteiger partial charge >= 0.3 is 0 Å². The second-order valence-corrected chi connectivity index (χ2v) is 10.0. The molecule has 0 aliphatic heterocycles. The zero-order valence-corrected chi connectivity index (χ0v) is 21.1. The number of carbonyl (C=O) groups excluding carboxylic acids is 2. The number of aromatic hydroxyl groups is 1. The third kappa shape index (κ3) is 3.51. The van der Waals surface area contributed by atoms with Crippen LogP contribution in [0.15, 0.2) is 38.4 Å². The number of furan rings is 2. The summed E-state index contributed by atoms with van der Waals surface area (Å²) >= 11 is 0. The van der Waals surface area contributed by atoms with Gasteiger partial charge in [-0.3, -0.25) is 9.59 Å². The minimum Gasteiger partial charge on any atom is -0.504 e. The van der Waals surface area contributed by atoms with Gasteiger partial charge in [-0.25, -0.2) is 0 Å². The van der Waals surface area contributed by atoms with Gasteiger partial charge in [0.25, 0.3) is 0 Å². The number of rotatable bonds is 5. The van der Waals surface area contributed by atoms with Crippen LogP contribution in [0.25, 0.3) is 11.0 Å². The molecular weight excluding hydrogens is 440 g/mol. The van der Waals surface area contributed by atoms with Gasteiger partial charge in [0.2, 0.25) is 5.78 Å². The highest BCUT2D eigenvalue weighted by Gasteiger charge is 2.37. The molecule has 0 spiro atoms. The predicted molar refractivity (Wildman–Crippen MR) is 136 cm³/mol. The van der Waals surface area contributed by atoms with E-state index in [0.29, 0.717) is 47.3 Å². The Balaban J connectivity index is 1.64. The zero-order chi connectivity index (χ0) is 25.0. The van der Waals surface area contributed by atoms with Crippen LogP contribution in [-0.4, -0.2) is 16.7 Å². The third-order valence-corrected chi connectivity index (χ3v) is 7.86. The van der Waals surface area contributed by atoms with Crippen LogP contribution >= 0.6 is 0 Å². The largest absolute Gasteiger partial charge is 0.504 e. The van der Waals surface area contributed by atoms with Crippen molar-refractivity contribution in [1.29, 1.82) is 0 Å². The van der Waals surface area contributed by atoms with E-state index in [-0.39, 0.29) is 29.0 Å². The average molecular weight is 473 g/mol. The fourth-order valence-electron chi connectivity index (χ4n) is 5.99. The topological polar surface area (TPSA) is 80.7 Å². The van der Waals surface area contributed by atoms with Crippen molar-refractivity contribution in [3.05, 3.63) is 74.5 Å². The summed E-state index contributed by atoms with van der Waals surface area (Å²) in [7, 11) is 0. The van der Waals surface area contributed by atoms with Gasteiger partial charge in [0, 0.05) is 34.1 Å². The summed E-state index contributed by atoms with van der Waals surface area (Å²) < 4.78 is 12.0. The van der Waals surface area contributed by atoms with Crippen LogP contribution in [0.3, 0.4) is 0 Å². The molecule has 1 atom stereocenters. The molecule has 0 saturated carbocycles. The number of phenolic OH excluding ortho intramolecular Hbond substituents is 1. The SMILES string of the molecule is CC=CCCC1=C(C)C(=O)c2c(oc(Cc3c4c(c(O)c5occ(C)c35)CCCC4C)c2C)C1=O. The number of phenols is 1. The highest BCUT2D eigenvalue weighted by Crippen LogP contribution is 2.46. The van der Waals surface area contributed by atoms with Gasteiger partial charge in [-0.05, 0) is 82.4 Å². The molecule has 2 aromatic heterocycles. The first-order valence-electron chi connectivity index (χ1n) is 12.5. The van der Waals surface area contributed by atoms with Crippen molar-refractivity contribution in [2.24, 2.45) is 0 Å². The summed E-state index contributed by atoms with van der Waals surface area (Å²) in [6.07, 6.45) is 10.2. The number of carbonyl (C=O) groups is 2. The fourth-order valence-corrected chi connectivity index (χ4v) is 5.99. The highest BCUT2D eigenvalue weighted by molar-refractivity contribution is 6.26. The van der Waals surface area contributed by atoms with Crippen molar-refractivity contribution in [1.82, 2.24) is 0 Å².